The van der Waals surface area contributed by atoms with Crippen molar-refractivity contribution in [2.75, 3.05) is 6.54 Å². The number of carbonyl (C=O) groups is 4. The number of benzene rings is 1. The van der Waals surface area contributed by atoms with E-state index in [0.29, 0.717) is 12.0 Å². The average molecular weight is 535 g/mol. The number of hydrogen-bond donors (Lipinski definition) is 4. The van der Waals surface area contributed by atoms with Gasteiger partial charge in [-0.1, -0.05) is 50.8 Å². The van der Waals surface area contributed by atoms with Gasteiger partial charge in [0.1, 0.15) is 23.4 Å². The van der Waals surface area contributed by atoms with E-state index in [0.717, 1.165) is 25.7 Å². The number of phenols is 1. The number of unbranched alkanes of at least 4 members (excludes halogenated alkanes) is 4. The standard InChI is InChI=1S/C28H46N4O6/c1-8-9-10-11-12-16-32(26(36)21(17-22(29)33)31-27(37)38-28(5,6)7)23(25(35)30-18(2)3)20-15-13-14-19(4)24(20)34/h13-15,18,21,23,34H,8-12,16-17H2,1-7H3,(H2,29,33)(H,30,35)(H,31,37). The van der Waals surface area contributed by atoms with Crippen LogP contribution in [-0.4, -0.2) is 58.1 Å². The molecule has 2 atom stereocenters. The highest BCUT2D eigenvalue weighted by molar-refractivity contribution is 5.94. The lowest BCUT2D eigenvalue weighted by Gasteiger charge is -2.35. The van der Waals surface area contributed by atoms with E-state index in [1.165, 1.54) is 4.90 Å². The number of phenolic OH excluding ortho intramolecular Hbond substituents is 1. The Labute approximate surface area is 226 Å². The Morgan fingerprint density at radius 1 is 1.05 bits per heavy atom. The number of nitrogens with two attached hydrogens (primary N) is 1. The zero-order chi connectivity index (χ0) is 29.0. The number of hydrogen-bond acceptors (Lipinski definition) is 6. The number of para-hydroxylation sites is 1. The Kier molecular flexibility index (Phi) is 13.1. The van der Waals surface area contributed by atoms with Gasteiger partial charge in [-0.3, -0.25) is 14.4 Å². The van der Waals surface area contributed by atoms with Gasteiger partial charge in [-0.05, 0) is 53.5 Å². The maximum atomic E-state index is 14.0. The molecule has 1 aromatic carbocycles. The molecule has 0 bridgehead atoms. The Morgan fingerprint density at radius 3 is 2.24 bits per heavy atom. The van der Waals surface area contributed by atoms with Gasteiger partial charge in [-0.25, -0.2) is 4.79 Å². The second-order valence-electron chi connectivity index (χ2n) is 10.9. The zero-order valence-corrected chi connectivity index (χ0v) is 23.9. The van der Waals surface area contributed by atoms with Crippen LogP contribution >= 0.6 is 0 Å². The molecule has 0 aliphatic heterocycles. The Balaban J connectivity index is 3.55. The summed E-state index contributed by atoms with van der Waals surface area (Å²) in [5.74, 6) is -2.07. The van der Waals surface area contributed by atoms with E-state index in [1.807, 2.05) is 0 Å². The molecule has 0 saturated carbocycles. The molecule has 2 unspecified atom stereocenters. The van der Waals surface area contributed by atoms with E-state index in [2.05, 4.69) is 17.6 Å². The lowest BCUT2D eigenvalue weighted by atomic mass is 9.98. The molecule has 4 amide bonds. The average Bonchev–Trinajstić information content (AvgIpc) is 2.77. The van der Waals surface area contributed by atoms with Gasteiger partial charge in [0.05, 0.1) is 6.42 Å². The van der Waals surface area contributed by atoms with Crippen LogP contribution in [0.25, 0.3) is 0 Å². The summed E-state index contributed by atoms with van der Waals surface area (Å²) in [6.07, 6.45) is 3.06. The molecule has 0 aliphatic carbocycles. The minimum Gasteiger partial charge on any atom is -0.507 e. The minimum absolute atomic E-state index is 0.105. The number of aryl methyl sites for hydroxylation is 1. The van der Waals surface area contributed by atoms with Crippen LogP contribution in [-0.2, 0) is 19.1 Å². The highest BCUT2D eigenvalue weighted by atomic mass is 16.6. The van der Waals surface area contributed by atoms with Gasteiger partial charge in [0.2, 0.25) is 17.7 Å². The predicted molar refractivity (Wildman–Crippen MR) is 146 cm³/mol. The summed E-state index contributed by atoms with van der Waals surface area (Å²) in [7, 11) is 0. The van der Waals surface area contributed by atoms with Crippen molar-refractivity contribution in [3.8, 4) is 5.75 Å². The van der Waals surface area contributed by atoms with E-state index in [-0.39, 0.29) is 23.9 Å². The highest BCUT2D eigenvalue weighted by Crippen LogP contribution is 2.33. The van der Waals surface area contributed by atoms with Crippen molar-refractivity contribution in [2.45, 2.75) is 111 Å². The SMILES string of the molecule is CCCCCCCN(C(=O)C(CC(N)=O)NC(=O)OC(C)(C)C)C(C(=O)NC(C)C)c1cccc(C)c1O. The topological polar surface area (TPSA) is 151 Å². The first-order valence-electron chi connectivity index (χ1n) is 13.3. The molecule has 5 N–H and O–H groups in total. The van der Waals surface area contributed by atoms with Gasteiger partial charge in [-0.15, -0.1) is 0 Å². The van der Waals surface area contributed by atoms with Crippen molar-refractivity contribution in [1.82, 2.24) is 15.5 Å². The zero-order valence-electron chi connectivity index (χ0n) is 23.9. The lowest BCUT2D eigenvalue weighted by molar-refractivity contribution is -0.143. The summed E-state index contributed by atoms with van der Waals surface area (Å²) in [5.41, 5.74) is 5.38. The van der Waals surface area contributed by atoms with Crippen molar-refractivity contribution in [2.24, 2.45) is 5.73 Å². The number of aromatic hydroxyl groups is 1. The molecule has 0 aliphatic rings. The molecular weight excluding hydrogens is 488 g/mol. The third-order valence-electron chi connectivity index (χ3n) is 5.73. The molecule has 1 rings (SSSR count). The molecule has 0 saturated heterocycles. The van der Waals surface area contributed by atoms with Crippen LogP contribution in [0.4, 0.5) is 4.79 Å². The summed E-state index contributed by atoms with van der Waals surface area (Å²) < 4.78 is 5.29. The van der Waals surface area contributed by atoms with Gasteiger partial charge < -0.3 is 31.1 Å². The third kappa shape index (κ3) is 11.0. The Bertz CT molecular complexity index is 957. The third-order valence-corrected chi connectivity index (χ3v) is 5.73. The second-order valence-corrected chi connectivity index (χ2v) is 10.9. The Hall–Kier alpha value is -3.30. The van der Waals surface area contributed by atoms with Crippen LogP contribution in [0.15, 0.2) is 18.2 Å². The van der Waals surface area contributed by atoms with Crippen LogP contribution in [0, 0.1) is 6.92 Å². The van der Waals surface area contributed by atoms with Crippen LogP contribution in [0.5, 0.6) is 5.75 Å². The summed E-state index contributed by atoms with van der Waals surface area (Å²) in [6, 6.07) is 2.19. The quantitative estimate of drug-likeness (QED) is 0.266. The molecule has 0 heterocycles. The first-order valence-corrected chi connectivity index (χ1v) is 13.3. The number of primary amides is 1. The normalized spacial score (nSPS) is 12.9. The van der Waals surface area contributed by atoms with Crippen LogP contribution in [0.2, 0.25) is 0 Å². The molecule has 10 nitrogen and oxygen atoms in total. The first-order chi connectivity index (χ1) is 17.7. The number of rotatable bonds is 14. The van der Waals surface area contributed by atoms with Gasteiger partial charge in [-0.2, -0.15) is 0 Å². The predicted octanol–water partition coefficient (Wildman–Crippen LogP) is 3.83. The van der Waals surface area contributed by atoms with E-state index in [1.54, 1.807) is 59.7 Å². The summed E-state index contributed by atoms with van der Waals surface area (Å²) >= 11 is 0. The van der Waals surface area contributed by atoms with Crippen molar-refractivity contribution in [1.29, 1.82) is 0 Å². The maximum Gasteiger partial charge on any atom is 0.408 e. The number of alkyl carbamates (subject to hydrolysis) is 1. The number of ether oxygens (including phenoxy) is 1. The number of carbonyl (C=O) groups excluding carboxylic acids is 4. The molecular formula is C28H46N4O6. The van der Waals surface area contributed by atoms with Crippen molar-refractivity contribution < 1.29 is 29.0 Å². The molecule has 0 spiro atoms. The summed E-state index contributed by atoms with van der Waals surface area (Å²) in [4.78, 5) is 53.3. The van der Waals surface area contributed by atoms with Crippen molar-refractivity contribution >= 4 is 23.8 Å². The molecule has 38 heavy (non-hydrogen) atoms. The van der Waals surface area contributed by atoms with Gasteiger partial charge in [0.25, 0.3) is 0 Å². The second kappa shape index (κ2) is 15.2. The van der Waals surface area contributed by atoms with Crippen LogP contribution in [0.1, 0.15) is 97.2 Å². The number of nitrogens with one attached hydrogen (secondary N) is 2. The smallest absolute Gasteiger partial charge is 0.408 e. The maximum absolute atomic E-state index is 14.0. The molecule has 0 fully saturated rings. The van der Waals surface area contributed by atoms with Crippen LogP contribution < -0.4 is 16.4 Å². The van der Waals surface area contributed by atoms with Crippen molar-refractivity contribution in [3.63, 3.8) is 0 Å². The molecule has 0 radical (unpaired) electrons. The fourth-order valence-electron chi connectivity index (χ4n) is 4.02. The van der Waals surface area contributed by atoms with E-state index >= 15 is 0 Å². The first kappa shape index (κ1) is 32.7. The van der Waals surface area contributed by atoms with Gasteiger partial charge in [0, 0.05) is 18.2 Å². The minimum atomic E-state index is -1.36. The molecule has 1 aromatic rings. The summed E-state index contributed by atoms with van der Waals surface area (Å²) in [5, 5.41) is 16.2. The van der Waals surface area contributed by atoms with E-state index in [4.69, 9.17) is 10.5 Å². The van der Waals surface area contributed by atoms with Gasteiger partial charge >= 0.3 is 6.09 Å². The molecule has 214 valence electrons. The highest BCUT2D eigenvalue weighted by Gasteiger charge is 2.38. The largest absolute Gasteiger partial charge is 0.507 e. The van der Waals surface area contributed by atoms with E-state index < -0.39 is 47.9 Å². The van der Waals surface area contributed by atoms with Crippen molar-refractivity contribution in [3.05, 3.63) is 29.3 Å². The molecule has 0 aromatic heterocycles. The van der Waals surface area contributed by atoms with Gasteiger partial charge in [0.15, 0.2) is 0 Å². The number of amides is 4. The molecule has 10 heteroatoms. The monoisotopic (exact) mass is 534 g/mol. The lowest BCUT2D eigenvalue weighted by Crippen LogP contribution is -2.54. The van der Waals surface area contributed by atoms with Crippen LogP contribution in [0.3, 0.4) is 0 Å². The Morgan fingerprint density at radius 2 is 1.68 bits per heavy atom. The fraction of sp³-hybridized carbons (Fsp3) is 0.643. The summed E-state index contributed by atoms with van der Waals surface area (Å²) in [6.45, 7) is 12.6. The van der Waals surface area contributed by atoms with E-state index in [9.17, 15) is 24.3 Å². The fourth-order valence-corrected chi connectivity index (χ4v) is 4.02. The number of nitrogens with zero attached hydrogens (tertiary/aromatic N) is 1.